The molecule has 8 rings (SSSR count). The SMILES string of the molecule is Cc1c(C(=O)NC[C@H](O)CN2C(=O)CN(C)C2=O)c(C)n(-n2c(C)c(C(=O)NC[C@H](O)CN3C(=O)CN(C)C3=O)c(C)c2C=C2C(=O)Nc3ccc(OC(F)(F)F)cc32)c1C=C1C(=O)Nc2ccc(Cl)cc21. The van der Waals surface area contributed by atoms with Crippen LogP contribution < -0.4 is 26.0 Å². The third-order valence-electron chi connectivity index (χ3n) is 12.6. The monoisotopic (exact) mass is 1020 g/mol. The van der Waals surface area contributed by atoms with Crippen LogP contribution in [-0.4, -0.2) is 159 Å². The van der Waals surface area contributed by atoms with E-state index in [0.29, 0.717) is 16.3 Å². The highest BCUT2D eigenvalue weighted by Crippen LogP contribution is 2.40. The Morgan fingerprint density at radius 2 is 1.12 bits per heavy atom. The molecule has 0 saturated carbocycles. The molecule has 0 spiro atoms. The van der Waals surface area contributed by atoms with Gasteiger partial charge in [0.05, 0.1) is 70.3 Å². The van der Waals surface area contributed by atoms with Crippen molar-refractivity contribution in [2.24, 2.45) is 0 Å². The van der Waals surface area contributed by atoms with E-state index in [1.807, 2.05) is 0 Å². The lowest BCUT2D eigenvalue weighted by Gasteiger charge is -2.19. The number of aromatic nitrogens is 2. The van der Waals surface area contributed by atoms with Crippen molar-refractivity contribution >= 4 is 93.8 Å². The summed E-state index contributed by atoms with van der Waals surface area (Å²) in [4.78, 5) is 110. The molecule has 4 aliphatic rings. The standard InChI is InChI=1S/C47H46ClF3N10O11/c1-21-35(13-31-29-11-25(48)7-9-33(29)54-41(31)66)60(23(3)39(21)43(68)52-15-26(62)17-58-37(64)19-56(5)45(58)70)61-24(4)40(44(69)53-16-27(63)18-59-38(65)20-57(6)46(59)71)22(2)36(61)14-32-30-12-28(72-47(49,50)51)8-10-34(30)55-42(32)67/h7-14,26-27,62-63H,15-20H2,1-6H3,(H,52,68)(H,53,69)(H,54,66)(H,55,67)/t26-,27-/m0/s1. The molecule has 4 aliphatic heterocycles. The van der Waals surface area contributed by atoms with Crippen LogP contribution >= 0.6 is 11.6 Å². The fourth-order valence-electron chi connectivity index (χ4n) is 9.14. The number of anilines is 2. The van der Waals surface area contributed by atoms with Crippen LogP contribution in [0.2, 0.25) is 5.02 Å². The topological polar surface area (TPSA) is 257 Å². The van der Waals surface area contributed by atoms with Crippen molar-refractivity contribution in [2.45, 2.75) is 46.3 Å². The van der Waals surface area contributed by atoms with E-state index >= 15 is 0 Å². The van der Waals surface area contributed by atoms with Crippen molar-refractivity contribution in [3.63, 3.8) is 0 Å². The van der Waals surface area contributed by atoms with E-state index in [1.54, 1.807) is 25.1 Å². The lowest BCUT2D eigenvalue weighted by Crippen LogP contribution is -2.43. The van der Waals surface area contributed by atoms with E-state index in [0.717, 1.165) is 26.8 Å². The number of fused-ring (bicyclic) bond motifs is 2. The molecule has 2 fully saturated rings. The number of imide groups is 2. The summed E-state index contributed by atoms with van der Waals surface area (Å²) in [5, 5.41) is 32.8. The number of rotatable bonds is 14. The minimum absolute atomic E-state index is 0.000130. The number of halogens is 4. The van der Waals surface area contributed by atoms with E-state index in [2.05, 4.69) is 26.0 Å². The van der Waals surface area contributed by atoms with Gasteiger partial charge >= 0.3 is 18.4 Å². The number of nitrogens with one attached hydrogen (secondary N) is 4. The van der Waals surface area contributed by atoms with Gasteiger partial charge in [-0.1, -0.05) is 11.6 Å². The molecule has 0 radical (unpaired) electrons. The fraction of sp³-hybridized carbons (Fsp3) is 0.319. The van der Waals surface area contributed by atoms with Gasteiger partial charge in [-0.05, 0) is 87.4 Å². The number of aliphatic hydroxyl groups is 2. The fourth-order valence-corrected chi connectivity index (χ4v) is 9.32. The summed E-state index contributed by atoms with van der Waals surface area (Å²) in [6.07, 6.45) is -5.11. The van der Waals surface area contributed by atoms with Crippen molar-refractivity contribution in [3.05, 3.63) is 97.6 Å². The second kappa shape index (κ2) is 19.0. The maximum Gasteiger partial charge on any atom is 0.573 e. The van der Waals surface area contributed by atoms with Crippen LogP contribution in [0.4, 0.5) is 34.1 Å². The van der Waals surface area contributed by atoms with Crippen molar-refractivity contribution < 1.29 is 66.5 Å². The van der Waals surface area contributed by atoms with Gasteiger partial charge in [-0.15, -0.1) is 13.2 Å². The molecular formula is C47H46ClF3N10O11. The van der Waals surface area contributed by atoms with E-state index in [1.165, 1.54) is 67.3 Å². The molecule has 25 heteroatoms. The Labute approximate surface area is 412 Å². The van der Waals surface area contributed by atoms with Crippen LogP contribution in [0, 0.1) is 27.7 Å². The molecule has 378 valence electrons. The Morgan fingerprint density at radius 3 is 1.53 bits per heavy atom. The number of amides is 10. The maximum atomic E-state index is 14.4. The smallest absolute Gasteiger partial charge is 0.406 e. The zero-order valence-electron chi connectivity index (χ0n) is 39.3. The Hall–Kier alpha value is -7.96. The summed E-state index contributed by atoms with van der Waals surface area (Å²) < 4.78 is 47.4. The van der Waals surface area contributed by atoms with E-state index < -0.39 is 98.0 Å². The molecule has 2 aromatic heterocycles. The number of aliphatic hydroxyl groups excluding tert-OH is 2. The number of hydrogen-bond donors (Lipinski definition) is 6. The highest BCUT2D eigenvalue weighted by molar-refractivity contribution is 6.37. The van der Waals surface area contributed by atoms with Crippen LogP contribution in [0.25, 0.3) is 23.3 Å². The summed E-state index contributed by atoms with van der Waals surface area (Å²) >= 11 is 6.39. The highest BCUT2D eigenvalue weighted by Gasteiger charge is 2.38. The lowest BCUT2D eigenvalue weighted by atomic mass is 10.0. The summed E-state index contributed by atoms with van der Waals surface area (Å²) in [5.41, 5.74) is 1.77. The Kier molecular flexibility index (Phi) is 13.3. The normalized spacial score (nSPS) is 17.6. The Bertz CT molecular complexity index is 3120. The quantitative estimate of drug-likeness (QED) is 0.0789. The number of carbonyl (C=O) groups excluding carboxylic acids is 8. The van der Waals surface area contributed by atoms with E-state index in [9.17, 15) is 61.7 Å². The van der Waals surface area contributed by atoms with Gasteiger partial charge in [-0.25, -0.2) is 9.59 Å². The van der Waals surface area contributed by atoms with Gasteiger partial charge in [0.15, 0.2) is 0 Å². The van der Waals surface area contributed by atoms with Crippen molar-refractivity contribution in [2.75, 3.05) is 64.0 Å². The largest absolute Gasteiger partial charge is 0.573 e. The molecule has 0 aliphatic carbocycles. The Balaban J connectivity index is 1.28. The van der Waals surface area contributed by atoms with Crippen molar-refractivity contribution in [1.29, 1.82) is 0 Å². The minimum atomic E-state index is -5.08. The number of β-amino-alcohol motifs (C(OH)–C–C–N with tert-alkyl or cyclic N) is 2. The number of alkyl halides is 3. The molecule has 4 aromatic rings. The molecule has 6 N–H and O–H groups in total. The molecular weight excluding hydrogens is 973 g/mol. The van der Waals surface area contributed by atoms with Gasteiger partial charge in [0, 0.05) is 54.7 Å². The molecule has 2 saturated heterocycles. The van der Waals surface area contributed by atoms with E-state index in [-0.39, 0.29) is 80.5 Å². The number of ether oxygens (including phenoxy) is 1. The molecule has 21 nitrogen and oxygen atoms in total. The second-order valence-corrected chi connectivity index (χ2v) is 18.0. The first-order valence-corrected chi connectivity index (χ1v) is 22.5. The number of hydrogen-bond acceptors (Lipinski definition) is 11. The first-order valence-electron chi connectivity index (χ1n) is 22.1. The Morgan fingerprint density at radius 1 is 0.708 bits per heavy atom. The maximum absolute atomic E-state index is 14.4. The van der Waals surface area contributed by atoms with Crippen LogP contribution in [0.3, 0.4) is 0 Å². The van der Waals surface area contributed by atoms with Gasteiger partial charge in [0.1, 0.15) is 18.8 Å². The van der Waals surface area contributed by atoms with Gasteiger partial charge in [0.2, 0.25) is 11.8 Å². The highest BCUT2D eigenvalue weighted by atomic mass is 35.5. The number of likely N-dealkylation sites (N-methyl/N-ethyl adjacent to an activating group) is 2. The molecule has 6 heterocycles. The van der Waals surface area contributed by atoms with Crippen LogP contribution in [0.5, 0.6) is 5.75 Å². The van der Waals surface area contributed by atoms with Crippen molar-refractivity contribution in [3.8, 4) is 5.75 Å². The number of benzene rings is 2. The zero-order chi connectivity index (χ0) is 52.4. The number of nitrogens with zero attached hydrogens (tertiary/aromatic N) is 6. The average molecular weight is 1020 g/mol. The summed E-state index contributed by atoms with van der Waals surface area (Å²) in [5.74, 6) is -4.57. The summed E-state index contributed by atoms with van der Waals surface area (Å²) in [7, 11) is 2.83. The molecule has 72 heavy (non-hydrogen) atoms. The van der Waals surface area contributed by atoms with Gasteiger partial charge in [-0.3, -0.25) is 47.9 Å². The van der Waals surface area contributed by atoms with Gasteiger partial charge in [0.25, 0.3) is 23.6 Å². The molecule has 2 atom stereocenters. The van der Waals surface area contributed by atoms with E-state index in [4.69, 9.17) is 11.6 Å². The van der Waals surface area contributed by atoms with Gasteiger partial charge < -0.3 is 46.0 Å². The summed E-state index contributed by atoms with van der Waals surface area (Å²) in [6, 6.07) is 6.70. The average Bonchev–Trinajstić information content (AvgIpc) is 4.06. The molecule has 2 aromatic carbocycles. The first kappa shape index (κ1) is 50.4. The summed E-state index contributed by atoms with van der Waals surface area (Å²) in [6.45, 7) is 4.00. The molecule has 10 amide bonds. The van der Waals surface area contributed by atoms with Crippen LogP contribution in [0.15, 0.2) is 36.4 Å². The molecule has 0 unspecified atom stereocenters. The third-order valence-corrected chi connectivity index (χ3v) is 12.8. The number of carbonyl (C=O) groups is 8. The predicted octanol–water partition coefficient (Wildman–Crippen LogP) is 3.34. The van der Waals surface area contributed by atoms with Crippen LogP contribution in [-0.2, 0) is 19.2 Å². The minimum Gasteiger partial charge on any atom is -0.406 e. The molecule has 0 bridgehead atoms. The van der Waals surface area contributed by atoms with Gasteiger partial charge in [-0.2, -0.15) is 0 Å². The second-order valence-electron chi connectivity index (χ2n) is 17.5. The predicted molar refractivity (Wildman–Crippen MR) is 252 cm³/mol. The number of urea groups is 2. The zero-order valence-corrected chi connectivity index (χ0v) is 40.0. The lowest BCUT2D eigenvalue weighted by molar-refractivity contribution is -0.274. The van der Waals surface area contributed by atoms with Crippen molar-refractivity contribution in [1.82, 2.24) is 39.6 Å². The van der Waals surface area contributed by atoms with Crippen LogP contribution in [0.1, 0.15) is 65.7 Å². The third kappa shape index (κ3) is 9.37. The first-order chi connectivity index (χ1) is 33.8.